The number of ketones is 1. The van der Waals surface area contributed by atoms with E-state index in [1.54, 1.807) is 12.1 Å². The Morgan fingerprint density at radius 2 is 1.93 bits per heavy atom. The first kappa shape index (κ1) is 17.7. The molecule has 0 fully saturated rings. The molecule has 0 spiro atoms. The summed E-state index contributed by atoms with van der Waals surface area (Å²) >= 11 is 1.20. The number of nitrogen functional groups attached to an aromatic ring is 1. The molecule has 4 rings (SSSR count). The lowest BCUT2D eigenvalue weighted by atomic mass is 9.69. The molecule has 2 aliphatic rings. The number of thiophene rings is 1. The van der Waals surface area contributed by atoms with Gasteiger partial charge < -0.3 is 16.8 Å². The molecule has 0 radical (unpaired) electrons. The summed E-state index contributed by atoms with van der Waals surface area (Å²) in [5.41, 5.74) is 14.8. The summed E-state index contributed by atoms with van der Waals surface area (Å²) in [7, 11) is 0. The zero-order chi connectivity index (χ0) is 19.5. The zero-order valence-corrected chi connectivity index (χ0v) is 15.9. The molecule has 1 aromatic carbocycles. The number of allylic oxidation sites excluding steroid dienone is 2. The van der Waals surface area contributed by atoms with Crippen molar-refractivity contribution in [3.8, 4) is 0 Å². The highest BCUT2D eigenvalue weighted by Gasteiger charge is 2.42. The van der Waals surface area contributed by atoms with Gasteiger partial charge in [0.15, 0.2) is 5.78 Å². The molecule has 2 heterocycles. The first-order valence-corrected chi connectivity index (χ1v) is 9.50. The Morgan fingerprint density at radius 3 is 2.56 bits per heavy atom. The molecular weight excluding hydrogens is 365 g/mol. The van der Waals surface area contributed by atoms with Crippen molar-refractivity contribution in [3.63, 3.8) is 0 Å². The van der Waals surface area contributed by atoms with Crippen LogP contribution in [0.4, 0.5) is 15.1 Å². The molecular formula is C20H20FN3O2S. The Hall–Kier alpha value is -2.67. The summed E-state index contributed by atoms with van der Waals surface area (Å²) in [6, 6.07) is 6.06. The fourth-order valence-corrected chi connectivity index (χ4v) is 5.11. The minimum Gasteiger partial charge on any atom is -0.397 e. The van der Waals surface area contributed by atoms with Gasteiger partial charge >= 0.3 is 0 Å². The lowest BCUT2D eigenvalue weighted by Crippen LogP contribution is -2.33. The topological polar surface area (TPSA) is 98.2 Å². The third kappa shape index (κ3) is 2.82. The Morgan fingerprint density at radius 1 is 1.26 bits per heavy atom. The number of rotatable bonds is 2. The van der Waals surface area contributed by atoms with E-state index < -0.39 is 11.8 Å². The van der Waals surface area contributed by atoms with Crippen molar-refractivity contribution in [1.82, 2.24) is 0 Å². The highest BCUT2D eigenvalue weighted by molar-refractivity contribution is 7.19. The number of nitrogens with two attached hydrogens (primary N) is 2. The zero-order valence-electron chi connectivity index (χ0n) is 15.1. The third-order valence-electron chi connectivity index (χ3n) is 5.17. The maximum absolute atomic E-state index is 13.5. The fraction of sp³-hybridized carbons (Fsp3) is 0.300. The molecule has 27 heavy (non-hydrogen) atoms. The summed E-state index contributed by atoms with van der Waals surface area (Å²) in [6.07, 6.45) is 1.13. The average molecular weight is 385 g/mol. The predicted molar refractivity (Wildman–Crippen MR) is 104 cm³/mol. The normalized spacial score (nSPS) is 20.7. The van der Waals surface area contributed by atoms with E-state index in [-0.39, 0.29) is 27.6 Å². The molecule has 140 valence electrons. The first-order chi connectivity index (χ1) is 12.7. The summed E-state index contributed by atoms with van der Waals surface area (Å²) < 4.78 is 13.5. The molecule has 7 heteroatoms. The van der Waals surface area contributed by atoms with Crippen LogP contribution in [-0.4, -0.2) is 11.7 Å². The SMILES string of the molecule is CC1(C)CC(=O)C2=C(C1)Nc1sc(C(N)=O)c(N)c1C2c1ccc(F)cc1. The van der Waals surface area contributed by atoms with Gasteiger partial charge in [-0.1, -0.05) is 26.0 Å². The minimum atomic E-state index is -0.601. The van der Waals surface area contributed by atoms with E-state index in [0.717, 1.165) is 16.3 Å². The first-order valence-electron chi connectivity index (χ1n) is 8.68. The molecule has 1 aliphatic heterocycles. The number of hydrogen-bond acceptors (Lipinski definition) is 5. The van der Waals surface area contributed by atoms with E-state index in [1.165, 1.54) is 23.5 Å². The maximum Gasteiger partial charge on any atom is 0.260 e. The number of hydrogen-bond donors (Lipinski definition) is 3. The number of carbonyl (C=O) groups excluding carboxylic acids is 2. The van der Waals surface area contributed by atoms with Gasteiger partial charge in [0.1, 0.15) is 10.7 Å². The Bertz CT molecular complexity index is 1000. The number of Topliss-reactive ketones (excluding diaryl/α,β-unsaturated/α-hetero) is 1. The number of nitrogens with one attached hydrogen (secondary N) is 1. The average Bonchev–Trinajstić information content (AvgIpc) is 2.89. The van der Waals surface area contributed by atoms with Gasteiger partial charge in [-0.3, -0.25) is 9.59 Å². The van der Waals surface area contributed by atoms with Crippen LogP contribution in [0.15, 0.2) is 35.5 Å². The van der Waals surface area contributed by atoms with Gasteiger partial charge in [0.25, 0.3) is 5.91 Å². The smallest absolute Gasteiger partial charge is 0.260 e. The van der Waals surface area contributed by atoms with Crippen molar-refractivity contribution in [3.05, 3.63) is 57.4 Å². The lowest BCUT2D eigenvalue weighted by molar-refractivity contribution is -0.118. The largest absolute Gasteiger partial charge is 0.397 e. The summed E-state index contributed by atoms with van der Waals surface area (Å²) in [5, 5.41) is 4.05. The van der Waals surface area contributed by atoms with Crippen molar-refractivity contribution >= 4 is 33.7 Å². The summed E-state index contributed by atoms with van der Waals surface area (Å²) in [4.78, 5) is 25.1. The monoisotopic (exact) mass is 385 g/mol. The van der Waals surface area contributed by atoms with Crippen molar-refractivity contribution in [2.75, 3.05) is 11.1 Å². The maximum atomic E-state index is 13.5. The Labute approximate surface area is 160 Å². The standard InChI is InChI=1S/C20H20FN3O2S/c1-20(2)7-11-14(12(25)8-20)13(9-3-5-10(21)6-4-9)15-16(22)17(18(23)26)27-19(15)24-11/h3-6,13,24H,7-8,22H2,1-2H3,(H2,23,26). The van der Waals surface area contributed by atoms with Crippen LogP contribution in [0.25, 0.3) is 0 Å². The number of carbonyl (C=O) groups is 2. The van der Waals surface area contributed by atoms with Gasteiger partial charge in [-0.05, 0) is 29.5 Å². The number of fused-ring (bicyclic) bond motifs is 1. The van der Waals surface area contributed by atoms with Crippen LogP contribution in [0.1, 0.15) is 53.4 Å². The number of anilines is 2. The third-order valence-corrected chi connectivity index (χ3v) is 6.32. The van der Waals surface area contributed by atoms with Crippen LogP contribution in [0.3, 0.4) is 0 Å². The number of primary amides is 1. The van der Waals surface area contributed by atoms with Crippen LogP contribution in [0.2, 0.25) is 0 Å². The number of halogens is 1. The van der Waals surface area contributed by atoms with Crippen LogP contribution in [0, 0.1) is 11.2 Å². The second-order valence-electron chi connectivity index (χ2n) is 7.89. The van der Waals surface area contributed by atoms with Crippen LogP contribution in [0.5, 0.6) is 0 Å². The van der Waals surface area contributed by atoms with Crippen molar-refractivity contribution in [2.24, 2.45) is 11.1 Å². The van der Waals surface area contributed by atoms with Gasteiger partial charge in [-0.15, -0.1) is 11.3 Å². The number of amides is 1. The Balaban J connectivity index is 1.96. The van der Waals surface area contributed by atoms with Crippen LogP contribution < -0.4 is 16.8 Å². The quantitative estimate of drug-likeness (QED) is 0.733. The molecule has 5 nitrogen and oxygen atoms in total. The molecule has 0 saturated carbocycles. The van der Waals surface area contributed by atoms with Gasteiger partial charge in [-0.25, -0.2) is 4.39 Å². The minimum absolute atomic E-state index is 0.0416. The predicted octanol–water partition coefficient (Wildman–Crippen LogP) is 3.77. The molecule has 1 unspecified atom stereocenters. The van der Waals surface area contributed by atoms with E-state index >= 15 is 0 Å². The molecule has 0 bridgehead atoms. The summed E-state index contributed by atoms with van der Waals surface area (Å²) in [6.45, 7) is 4.10. The van der Waals surface area contributed by atoms with Crippen molar-refractivity contribution < 1.29 is 14.0 Å². The fourth-order valence-electron chi connectivity index (χ4n) is 4.07. The van der Waals surface area contributed by atoms with Crippen molar-refractivity contribution in [2.45, 2.75) is 32.6 Å². The van der Waals surface area contributed by atoms with Gasteiger partial charge in [-0.2, -0.15) is 0 Å². The molecule has 5 N–H and O–H groups in total. The molecule has 2 aromatic rings. The van der Waals surface area contributed by atoms with Crippen LogP contribution >= 0.6 is 11.3 Å². The molecule has 1 atom stereocenters. The molecule has 1 aromatic heterocycles. The van der Waals surface area contributed by atoms with E-state index in [1.807, 2.05) is 0 Å². The number of benzene rings is 1. The van der Waals surface area contributed by atoms with Gasteiger partial charge in [0.05, 0.1) is 10.7 Å². The highest BCUT2D eigenvalue weighted by atomic mass is 32.1. The lowest BCUT2D eigenvalue weighted by Gasteiger charge is -2.38. The Kier molecular flexibility index (Phi) is 3.89. The second-order valence-corrected chi connectivity index (χ2v) is 8.92. The summed E-state index contributed by atoms with van der Waals surface area (Å²) in [5.74, 6) is -1.35. The van der Waals surface area contributed by atoms with E-state index in [9.17, 15) is 14.0 Å². The molecule has 1 aliphatic carbocycles. The highest BCUT2D eigenvalue weighted by Crippen LogP contribution is 2.53. The van der Waals surface area contributed by atoms with Gasteiger partial charge in [0, 0.05) is 29.2 Å². The van der Waals surface area contributed by atoms with E-state index in [2.05, 4.69) is 19.2 Å². The van der Waals surface area contributed by atoms with E-state index in [0.29, 0.717) is 24.0 Å². The molecule has 0 saturated heterocycles. The molecule has 1 amide bonds. The van der Waals surface area contributed by atoms with Crippen molar-refractivity contribution in [1.29, 1.82) is 0 Å². The van der Waals surface area contributed by atoms with Crippen LogP contribution in [-0.2, 0) is 4.79 Å². The van der Waals surface area contributed by atoms with E-state index in [4.69, 9.17) is 11.5 Å². The van der Waals surface area contributed by atoms with Gasteiger partial charge in [0.2, 0.25) is 0 Å². The second kappa shape index (κ2) is 5.92.